The van der Waals surface area contributed by atoms with Gasteiger partial charge in [-0.1, -0.05) is 37.6 Å². The number of hydrogen-bond acceptors (Lipinski definition) is 3. The molecule has 0 saturated heterocycles. The van der Waals surface area contributed by atoms with Crippen molar-refractivity contribution in [3.05, 3.63) is 70.8 Å². The van der Waals surface area contributed by atoms with E-state index in [9.17, 15) is 14.4 Å². The van der Waals surface area contributed by atoms with Gasteiger partial charge in [-0.25, -0.2) is 0 Å². The fourth-order valence-electron chi connectivity index (χ4n) is 3.09. The molecule has 0 spiro atoms. The van der Waals surface area contributed by atoms with Gasteiger partial charge in [0.25, 0.3) is 17.7 Å². The van der Waals surface area contributed by atoms with Crippen LogP contribution in [0, 0.1) is 0 Å². The largest absolute Gasteiger partial charge is 0.342 e. The molecule has 0 unspecified atom stereocenters. The molecule has 134 valence electrons. The summed E-state index contributed by atoms with van der Waals surface area (Å²) in [7, 11) is 1.79. The lowest BCUT2D eigenvalue weighted by Gasteiger charge is -2.18. The Morgan fingerprint density at radius 1 is 1.00 bits per heavy atom. The van der Waals surface area contributed by atoms with Crippen LogP contribution in [-0.2, 0) is 6.54 Å². The van der Waals surface area contributed by atoms with Gasteiger partial charge in [0.1, 0.15) is 0 Å². The highest BCUT2D eigenvalue weighted by Crippen LogP contribution is 2.24. The van der Waals surface area contributed by atoms with Crippen molar-refractivity contribution in [3.63, 3.8) is 0 Å². The van der Waals surface area contributed by atoms with Gasteiger partial charge in [0, 0.05) is 19.2 Å². The summed E-state index contributed by atoms with van der Waals surface area (Å²) in [5.41, 5.74) is 2.19. The first-order valence-corrected chi connectivity index (χ1v) is 8.82. The molecule has 0 saturated carbocycles. The van der Waals surface area contributed by atoms with Crippen molar-refractivity contribution >= 4 is 17.7 Å². The first-order chi connectivity index (χ1) is 12.5. The van der Waals surface area contributed by atoms with Crippen LogP contribution in [-0.4, -0.2) is 41.1 Å². The maximum absolute atomic E-state index is 12.5. The van der Waals surface area contributed by atoms with Crippen molar-refractivity contribution in [2.45, 2.75) is 26.3 Å². The van der Waals surface area contributed by atoms with Gasteiger partial charge < -0.3 is 4.90 Å². The quantitative estimate of drug-likeness (QED) is 0.751. The SMILES string of the molecule is CCCCN(C)C(=O)c1cccc(CN2C(=O)c3ccccc3C2=O)c1. The van der Waals surface area contributed by atoms with Crippen molar-refractivity contribution in [2.75, 3.05) is 13.6 Å². The standard InChI is InChI=1S/C21H22N2O3/c1-3-4-12-22(2)19(24)16-9-7-8-15(13-16)14-23-20(25)17-10-5-6-11-18(17)21(23)26/h5-11,13H,3-4,12,14H2,1-2H3. The Bertz CT molecular complexity index is 825. The van der Waals surface area contributed by atoms with E-state index in [-0.39, 0.29) is 24.3 Å². The van der Waals surface area contributed by atoms with E-state index in [1.807, 2.05) is 6.07 Å². The summed E-state index contributed by atoms with van der Waals surface area (Å²) in [6.07, 6.45) is 1.98. The lowest BCUT2D eigenvalue weighted by Crippen LogP contribution is -2.30. The van der Waals surface area contributed by atoms with Crippen LogP contribution in [0.15, 0.2) is 48.5 Å². The van der Waals surface area contributed by atoms with E-state index in [0.717, 1.165) is 18.4 Å². The molecule has 0 radical (unpaired) electrons. The van der Waals surface area contributed by atoms with E-state index in [4.69, 9.17) is 0 Å². The number of hydrogen-bond donors (Lipinski definition) is 0. The fraction of sp³-hybridized carbons (Fsp3) is 0.286. The minimum atomic E-state index is -0.289. The van der Waals surface area contributed by atoms with E-state index < -0.39 is 0 Å². The summed E-state index contributed by atoms with van der Waals surface area (Å²) < 4.78 is 0. The van der Waals surface area contributed by atoms with Crippen molar-refractivity contribution in [1.82, 2.24) is 9.80 Å². The molecule has 0 atom stereocenters. The maximum Gasteiger partial charge on any atom is 0.261 e. The van der Waals surface area contributed by atoms with Gasteiger partial charge in [0.2, 0.25) is 0 Å². The van der Waals surface area contributed by atoms with Crippen LogP contribution in [0.5, 0.6) is 0 Å². The van der Waals surface area contributed by atoms with Crippen molar-refractivity contribution in [3.8, 4) is 0 Å². The van der Waals surface area contributed by atoms with Gasteiger partial charge in [-0.15, -0.1) is 0 Å². The van der Waals surface area contributed by atoms with Crippen LogP contribution in [0.2, 0.25) is 0 Å². The summed E-state index contributed by atoms with van der Waals surface area (Å²) >= 11 is 0. The number of nitrogens with zero attached hydrogens (tertiary/aromatic N) is 2. The lowest BCUT2D eigenvalue weighted by molar-refractivity contribution is 0.0642. The first-order valence-electron chi connectivity index (χ1n) is 8.82. The molecule has 2 aromatic carbocycles. The molecule has 5 heteroatoms. The van der Waals surface area contributed by atoms with E-state index in [0.29, 0.717) is 23.2 Å². The summed E-state index contributed by atoms with van der Waals surface area (Å²) in [4.78, 5) is 40.4. The second-order valence-corrected chi connectivity index (χ2v) is 6.52. The zero-order valence-corrected chi connectivity index (χ0v) is 15.1. The molecule has 2 aromatic rings. The fourth-order valence-corrected chi connectivity index (χ4v) is 3.09. The minimum absolute atomic E-state index is 0.0531. The highest BCUT2D eigenvalue weighted by molar-refractivity contribution is 6.21. The Morgan fingerprint density at radius 2 is 1.65 bits per heavy atom. The lowest BCUT2D eigenvalue weighted by atomic mass is 10.1. The molecule has 0 fully saturated rings. The highest BCUT2D eigenvalue weighted by atomic mass is 16.2. The number of carbonyl (C=O) groups excluding carboxylic acids is 3. The molecule has 3 amide bonds. The monoisotopic (exact) mass is 350 g/mol. The summed E-state index contributed by atoms with van der Waals surface area (Å²) in [5.74, 6) is -0.632. The van der Waals surface area contributed by atoms with Crippen molar-refractivity contribution in [1.29, 1.82) is 0 Å². The Labute approximate surface area is 153 Å². The van der Waals surface area contributed by atoms with E-state index in [1.165, 1.54) is 4.90 Å². The third-order valence-electron chi connectivity index (χ3n) is 4.59. The van der Waals surface area contributed by atoms with Crippen LogP contribution in [0.25, 0.3) is 0 Å². The Hall–Kier alpha value is -2.95. The number of unbranched alkanes of at least 4 members (excludes halogenated alkanes) is 1. The number of carbonyl (C=O) groups is 3. The summed E-state index contributed by atoms with van der Waals surface area (Å²) in [5, 5.41) is 0. The molecule has 3 rings (SSSR count). The highest BCUT2D eigenvalue weighted by Gasteiger charge is 2.35. The average molecular weight is 350 g/mol. The topological polar surface area (TPSA) is 57.7 Å². The molecule has 0 N–H and O–H groups in total. The maximum atomic E-state index is 12.5. The Kier molecular flexibility index (Phi) is 5.16. The average Bonchev–Trinajstić information content (AvgIpc) is 2.91. The zero-order valence-electron chi connectivity index (χ0n) is 15.1. The Balaban J connectivity index is 1.77. The van der Waals surface area contributed by atoms with Crippen molar-refractivity contribution in [2.24, 2.45) is 0 Å². The zero-order chi connectivity index (χ0) is 18.7. The first kappa shape index (κ1) is 17.9. The predicted molar refractivity (Wildman–Crippen MR) is 99.0 cm³/mol. The van der Waals surface area contributed by atoms with Gasteiger partial charge in [-0.2, -0.15) is 0 Å². The molecule has 1 heterocycles. The third kappa shape index (κ3) is 3.38. The second kappa shape index (κ2) is 7.52. The minimum Gasteiger partial charge on any atom is -0.342 e. The van der Waals surface area contributed by atoms with Gasteiger partial charge in [-0.3, -0.25) is 19.3 Å². The molecular weight excluding hydrogens is 328 g/mol. The van der Waals surface area contributed by atoms with Gasteiger partial charge in [-0.05, 0) is 36.2 Å². The molecule has 0 bridgehead atoms. The number of benzene rings is 2. The second-order valence-electron chi connectivity index (χ2n) is 6.52. The van der Waals surface area contributed by atoms with Gasteiger partial charge in [0.15, 0.2) is 0 Å². The normalized spacial score (nSPS) is 13.1. The van der Waals surface area contributed by atoms with Crippen molar-refractivity contribution < 1.29 is 14.4 Å². The van der Waals surface area contributed by atoms with Crippen LogP contribution < -0.4 is 0 Å². The predicted octanol–water partition coefficient (Wildman–Crippen LogP) is 3.35. The van der Waals surface area contributed by atoms with Crippen LogP contribution in [0.1, 0.15) is 56.4 Å². The molecule has 5 nitrogen and oxygen atoms in total. The van der Waals surface area contributed by atoms with Crippen LogP contribution >= 0.6 is 0 Å². The smallest absolute Gasteiger partial charge is 0.261 e. The molecular formula is C21H22N2O3. The number of imide groups is 1. The number of amides is 3. The summed E-state index contributed by atoms with van der Waals surface area (Å²) in [6, 6.07) is 14.0. The van der Waals surface area contributed by atoms with Gasteiger partial charge in [0.05, 0.1) is 17.7 Å². The third-order valence-corrected chi connectivity index (χ3v) is 4.59. The Morgan fingerprint density at radius 3 is 2.27 bits per heavy atom. The van der Waals surface area contributed by atoms with Crippen LogP contribution in [0.3, 0.4) is 0 Å². The number of rotatable bonds is 6. The van der Waals surface area contributed by atoms with Gasteiger partial charge >= 0.3 is 0 Å². The summed E-state index contributed by atoms with van der Waals surface area (Å²) in [6.45, 7) is 2.95. The molecule has 1 aliphatic rings. The molecule has 1 aliphatic heterocycles. The molecule has 0 aliphatic carbocycles. The van der Waals surface area contributed by atoms with Crippen LogP contribution in [0.4, 0.5) is 0 Å². The molecule has 0 aromatic heterocycles. The van der Waals surface area contributed by atoms with E-state index in [1.54, 1.807) is 54.4 Å². The number of fused-ring (bicyclic) bond motifs is 1. The van der Waals surface area contributed by atoms with E-state index >= 15 is 0 Å². The molecule has 26 heavy (non-hydrogen) atoms. The van der Waals surface area contributed by atoms with E-state index in [2.05, 4.69) is 6.92 Å².